The standard InChI is InChI=1S/C18H22N2O2S/c1-17(2,3)11-6-10(8-13-15(21)20-16(19)23-13)7-12-14(11)22-9-18(12,4)5/h6-8H,9H2,1-5H3,(H2,19,20,21)/b13-8+. The van der Waals surface area contributed by atoms with Gasteiger partial charge >= 0.3 is 0 Å². The van der Waals surface area contributed by atoms with Gasteiger partial charge in [0.2, 0.25) is 0 Å². The zero-order valence-corrected chi connectivity index (χ0v) is 15.0. The molecule has 2 aliphatic rings. The summed E-state index contributed by atoms with van der Waals surface area (Å²) >= 11 is 1.22. The summed E-state index contributed by atoms with van der Waals surface area (Å²) in [7, 11) is 0. The number of aliphatic imine (C=N–C) groups is 1. The number of carbonyl (C=O) groups excluding carboxylic acids is 1. The van der Waals surface area contributed by atoms with Crippen LogP contribution in [-0.2, 0) is 15.6 Å². The highest BCUT2D eigenvalue weighted by Crippen LogP contribution is 2.45. The van der Waals surface area contributed by atoms with Crippen LogP contribution in [0.2, 0.25) is 0 Å². The van der Waals surface area contributed by atoms with Crippen molar-refractivity contribution in [2.75, 3.05) is 6.61 Å². The summed E-state index contributed by atoms with van der Waals surface area (Å²) < 4.78 is 6.00. The average Bonchev–Trinajstić information content (AvgIpc) is 2.88. The van der Waals surface area contributed by atoms with Gasteiger partial charge in [0.25, 0.3) is 5.91 Å². The van der Waals surface area contributed by atoms with E-state index in [2.05, 4.69) is 51.7 Å². The normalized spacial score (nSPS) is 21.3. The van der Waals surface area contributed by atoms with Crippen LogP contribution in [0.15, 0.2) is 22.0 Å². The van der Waals surface area contributed by atoms with Gasteiger partial charge < -0.3 is 10.5 Å². The molecule has 0 bridgehead atoms. The fourth-order valence-corrected chi connectivity index (χ4v) is 3.54. The first-order valence-corrected chi connectivity index (χ1v) is 8.49. The van der Waals surface area contributed by atoms with Crippen molar-refractivity contribution in [1.82, 2.24) is 0 Å². The molecule has 0 saturated carbocycles. The molecular formula is C18H22N2O2S. The minimum Gasteiger partial charge on any atom is -0.492 e. The first-order valence-electron chi connectivity index (χ1n) is 7.68. The van der Waals surface area contributed by atoms with Crippen LogP contribution in [0.25, 0.3) is 6.08 Å². The quantitative estimate of drug-likeness (QED) is 0.799. The minimum atomic E-state index is -0.263. The van der Waals surface area contributed by atoms with Gasteiger partial charge in [0.05, 0.1) is 11.5 Å². The number of fused-ring (bicyclic) bond motifs is 1. The monoisotopic (exact) mass is 330 g/mol. The molecule has 2 aliphatic heterocycles. The van der Waals surface area contributed by atoms with E-state index in [0.29, 0.717) is 16.7 Å². The summed E-state index contributed by atoms with van der Waals surface area (Å²) in [5, 5.41) is 0.308. The third kappa shape index (κ3) is 2.90. The SMILES string of the molecule is CC(C)(C)c1cc(/C=C2/SC(N)=NC2=O)cc2c1OCC2(C)C. The van der Waals surface area contributed by atoms with Crippen molar-refractivity contribution in [3.63, 3.8) is 0 Å². The fraction of sp³-hybridized carbons (Fsp3) is 0.444. The van der Waals surface area contributed by atoms with Crippen LogP contribution < -0.4 is 10.5 Å². The number of hydrogen-bond donors (Lipinski definition) is 1. The summed E-state index contributed by atoms with van der Waals surface area (Å²) in [6, 6.07) is 4.22. The van der Waals surface area contributed by atoms with E-state index >= 15 is 0 Å². The number of carbonyl (C=O) groups is 1. The third-order valence-electron chi connectivity index (χ3n) is 4.16. The van der Waals surface area contributed by atoms with Gasteiger partial charge in [-0.1, -0.05) is 34.6 Å². The first kappa shape index (κ1) is 16.1. The Labute approximate surface area is 141 Å². The van der Waals surface area contributed by atoms with E-state index in [1.807, 2.05) is 6.08 Å². The minimum absolute atomic E-state index is 0.0355. The number of thioether (sulfide) groups is 1. The zero-order valence-electron chi connectivity index (χ0n) is 14.2. The van der Waals surface area contributed by atoms with E-state index in [-0.39, 0.29) is 16.7 Å². The summed E-state index contributed by atoms with van der Waals surface area (Å²) in [4.78, 5) is 16.2. The van der Waals surface area contributed by atoms with Crippen LogP contribution in [-0.4, -0.2) is 17.7 Å². The number of hydrogen-bond acceptors (Lipinski definition) is 4. The molecule has 0 aromatic heterocycles. The van der Waals surface area contributed by atoms with Crippen molar-refractivity contribution in [2.24, 2.45) is 10.7 Å². The van der Waals surface area contributed by atoms with Gasteiger partial charge in [-0.25, -0.2) is 0 Å². The molecule has 2 heterocycles. The van der Waals surface area contributed by atoms with Crippen LogP contribution in [0.3, 0.4) is 0 Å². The molecule has 3 rings (SSSR count). The van der Waals surface area contributed by atoms with E-state index < -0.39 is 0 Å². The molecule has 0 aliphatic carbocycles. The Morgan fingerprint density at radius 3 is 2.61 bits per heavy atom. The number of amides is 1. The number of ether oxygens (including phenoxy) is 1. The maximum atomic E-state index is 11.9. The van der Waals surface area contributed by atoms with E-state index in [1.165, 1.54) is 17.3 Å². The number of rotatable bonds is 1. The molecule has 5 heteroatoms. The Morgan fingerprint density at radius 2 is 2.04 bits per heavy atom. The Morgan fingerprint density at radius 1 is 1.35 bits per heavy atom. The van der Waals surface area contributed by atoms with Crippen molar-refractivity contribution < 1.29 is 9.53 Å². The van der Waals surface area contributed by atoms with Crippen LogP contribution >= 0.6 is 11.8 Å². The predicted molar refractivity (Wildman–Crippen MR) is 95.9 cm³/mol. The lowest BCUT2D eigenvalue weighted by molar-refractivity contribution is -0.113. The van der Waals surface area contributed by atoms with E-state index in [4.69, 9.17) is 10.5 Å². The molecular weight excluding hydrogens is 308 g/mol. The van der Waals surface area contributed by atoms with Crippen LogP contribution in [0, 0.1) is 0 Å². The molecule has 0 fully saturated rings. The van der Waals surface area contributed by atoms with E-state index in [9.17, 15) is 4.79 Å². The fourth-order valence-electron chi connectivity index (χ4n) is 2.86. The highest BCUT2D eigenvalue weighted by atomic mass is 32.2. The van der Waals surface area contributed by atoms with Gasteiger partial charge in [-0.2, -0.15) is 4.99 Å². The lowest BCUT2D eigenvalue weighted by atomic mass is 9.79. The van der Waals surface area contributed by atoms with E-state index in [0.717, 1.165) is 16.9 Å². The second-order valence-corrected chi connectivity index (χ2v) is 8.80. The Hall–Kier alpha value is -1.75. The Balaban J connectivity index is 2.14. The lowest BCUT2D eigenvalue weighted by Gasteiger charge is -2.23. The summed E-state index contributed by atoms with van der Waals surface area (Å²) in [5.74, 6) is 0.728. The van der Waals surface area contributed by atoms with Crippen molar-refractivity contribution in [3.8, 4) is 5.75 Å². The van der Waals surface area contributed by atoms with Crippen LogP contribution in [0.5, 0.6) is 5.75 Å². The topological polar surface area (TPSA) is 64.7 Å². The molecule has 1 aromatic carbocycles. The second kappa shape index (κ2) is 5.13. The Bertz CT molecular complexity index is 755. The molecule has 1 aromatic rings. The Kier molecular flexibility index (Phi) is 3.59. The maximum absolute atomic E-state index is 11.9. The molecule has 0 radical (unpaired) electrons. The molecule has 0 unspecified atom stereocenters. The van der Waals surface area contributed by atoms with Gasteiger partial charge in [-0.15, -0.1) is 0 Å². The average molecular weight is 330 g/mol. The molecule has 4 nitrogen and oxygen atoms in total. The van der Waals surface area contributed by atoms with Gasteiger partial charge in [-0.3, -0.25) is 4.79 Å². The molecule has 122 valence electrons. The molecule has 0 spiro atoms. The van der Waals surface area contributed by atoms with Crippen LogP contribution in [0.4, 0.5) is 0 Å². The maximum Gasteiger partial charge on any atom is 0.286 e. The molecule has 1 amide bonds. The predicted octanol–water partition coefficient (Wildman–Crippen LogP) is 3.58. The smallest absolute Gasteiger partial charge is 0.286 e. The second-order valence-electron chi connectivity index (χ2n) is 7.73. The summed E-state index contributed by atoms with van der Waals surface area (Å²) in [5.41, 5.74) is 8.91. The van der Waals surface area contributed by atoms with Crippen molar-refractivity contribution >= 4 is 28.9 Å². The number of nitrogens with zero attached hydrogens (tertiary/aromatic N) is 1. The van der Waals surface area contributed by atoms with Crippen molar-refractivity contribution in [1.29, 1.82) is 0 Å². The molecule has 0 atom stereocenters. The molecule has 2 N–H and O–H groups in total. The van der Waals surface area contributed by atoms with Gasteiger partial charge in [0, 0.05) is 16.5 Å². The third-order valence-corrected chi connectivity index (χ3v) is 4.97. The molecule has 23 heavy (non-hydrogen) atoms. The van der Waals surface area contributed by atoms with Crippen molar-refractivity contribution in [2.45, 2.75) is 45.4 Å². The summed E-state index contributed by atoms with van der Waals surface area (Å²) in [6.07, 6.45) is 1.88. The molecule has 0 saturated heterocycles. The van der Waals surface area contributed by atoms with Crippen LogP contribution in [0.1, 0.15) is 51.3 Å². The first-order chi connectivity index (χ1) is 10.6. The zero-order chi connectivity index (χ0) is 17.0. The summed E-state index contributed by atoms with van der Waals surface area (Å²) in [6.45, 7) is 11.5. The lowest BCUT2D eigenvalue weighted by Crippen LogP contribution is -2.18. The number of nitrogens with two attached hydrogens (primary N) is 1. The number of benzene rings is 1. The van der Waals surface area contributed by atoms with Gasteiger partial charge in [0.1, 0.15) is 5.75 Å². The number of amidine groups is 1. The largest absolute Gasteiger partial charge is 0.492 e. The van der Waals surface area contributed by atoms with Crippen molar-refractivity contribution in [3.05, 3.63) is 33.7 Å². The highest BCUT2D eigenvalue weighted by molar-refractivity contribution is 8.18. The van der Waals surface area contributed by atoms with Gasteiger partial charge in [-0.05, 0) is 40.9 Å². The van der Waals surface area contributed by atoms with E-state index in [1.54, 1.807) is 0 Å². The van der Waals surface area contributed by atoms with Gasteiger partial charge in [0.15, 0.2) is 5.17 Å². The highest BCUT2D eigenvalue weighted by Gasteiger charge is 2.36.